The monoisotopic (exact) mass is 616 g/mol. The second kappa shape index (κ2) is 14.2. The standard InChI is InChI=1S/C31H35Cl2FN4O4/c1-19-15-38(20(2)18-39)30(40)14-22-13-25(36-31(41)35-24-7-5-23(34)6-8-24)9-11-28(22)42-29(19)17-37(3)16-21-4-10-26(32)27(33)12-21/h4-13,19-20,29,39H,14-18H2,1-3H3,(H2,35,36,41)/t19-,20-,29-/m0/s1. The zero-order chi connectivity index (χ0) is 30.4. The van der Waals surface area contributed by atoms with Gasteiger partial charge >= 0.3 is 6.03 Å². The summed E-state index contributed by atoms with van der Waals surface area (Å²) >= 11 is 12.3. The lowest BCUT2D eigenvalue weighted by Gasteiger charge is -2.34. The number of hydrogen-bond donors (Lipinski definition) is 3. The average Bonchev–Trinajstić information content (AvgIpc) is 2.99. The molecule has 42 heavy (non-hydrogen) atoms. The molecule has 3 aromatic carbocycles. The van der Waals surface area contributed by atoms with E-state index in [1.54, 1.807) is 29.2 Å². The van der Waals surface area contributed by atoms with Crippen LogP contribution in [0.4, 0.5) is 20.6 Å². The largest absolute Gasteiger partial charge is 0.488 e. The molecule has 224 valence electrons. The number of benzene rings is 3. The molecule has 0 radical (unpaired) electrons. The first-order chi connectivity index (χ1) is 20.0. The van der Waals surface area contributed by atoms with Crippen LogP contribution >= 0.6 is 23.2 Å². The van der Waals surface area contributed by atoms with Crippen molar-refractivity contribution in [3.63, 3.8) is 0 Å². The number of nitrogens with zero attached hydrogens (tertiary/aromatic N) is 2. The fraction of sp³-hybridized carbons (Fsp3) is 0.355. The minimum absolute atomic E-state index is 0.0350. The molecule has 0 saturated carbocycles. The molecule has 3 amide bonds. The third kappa shape index (κ3) is 8.35. The highest BCUT2D eigenvalue weighted by atomic mass is 35.5. The molecule has 1 heterocycles. The van der Waals surface area contributed by atoms with Crippen molar-refractivity contribution in [3.05, 3.63) is 87.7 Å². The minimum atomic E-state index is -0.511. The number of halogens is 3. The molecule has 0 saturated heterocycles. The van der Waals surface area contributed by atoms with Crippen LogP contribution in [0.3, 0.4) is 0 Å². The number of nitrogens with one attached hydrogen (secondary N) is 2. The molecule has 0 bridgehead atoms. The first-order valence-corrected chi connectivity index (χ1v) is 14.4. The Hall–Kier alpha value is -3.37. The molecule has 1 aliphatic heterocycles. The Morgan fingerprint density at radius 2 is 1.79 bits per heavy atom. The summed E-state index contributed by atoms with van der Waals surface area (Å²) in [5, 5.41) is 16.3. The van der Waals surface area contributed by atoms with E-state index >= 15 is 0 Å². The van der Waals surface area contributed by atoms with Crippen molar-refractivity contribution in [1.82, 2.24) is 9.80 Å². The third-order valence-electron chi connectivity index (χ3n) is 7.20. The van der Waals surface area contributed by atoms with Crippen LogP contribution in [-0.4, -0.2) is 65.7 Å². The molecule has 4 rings (SSSR count). The quantitative estimate of drug-likeness (QED) is 0.286. The van der Waals surface area contributed by atoms with Gasteiger partial charge in [0.05, 0.1) is 29.1 Å². The first kappa shape index (κ1) is 31.6. The van der Waals surface area contributed by atoms with Crippen LogP contribution in [0.2, 0.25) is 10.0 Å². The highest BCUT2D eigenvalue weighted by Crippen LogP contribution is 2.30. The molecule has 0 fully saturated rings. The normalized spacial score (nSPS) is 17.9. The first-order valence-electron chi connectivity index (χ1n) is 13.7. The van der Waals surface area contributed by atoms with Crippen LogP contribution < -0.4 is 15.4 Å². The van der Waals surface area contributed by atoms with E-state index in [9.17, 15) is 19.1 Å². The number of hydrogen-bond acceptors (Lipinski definition) is 5. The fourth-order valence-electron chi connectivity index (χ4n) is 4.87. The maximum Gasteiger partial charge on any atom is 0.323 e. The van der Waals surface area contributed by atoms with Gasteiger partial charge < -0.3 is 25.4 Å². The number of carbonyl (C=O) groups is 2. The van der Waals surface area contributed by atoms with Crippen LogP contribution in [0.15, 0.2) is 60.7 Å². The molecule has 0 unspecified atom stereocenters. The summed E-state index contributed by atoms with van der Waals surface area (Å²) in [5.74, 6) is -0.0671. The average molecular weight is 618 g/mol. The number of aliphatic hydroxyl groups is 1. The lowest BCUT2D eigenvalue weighted by Crippen LogP contribution is -2.47. The Kier molecular flexibility index (Phi) is 10.7. The highest BCUT2D eigenvalue weighted by molar-refractivity contribution is 6.42. The molecule has 0 aromatic heterocycles. The summed E-state index contributed by atoms with van der Waals surface area (Å²) in [6.07, 6.45) is -0.260. The fourth-order valence-corrected chi connectivity index (χ4v) is 5.19. The molecular formula is C31H35Cl2FN4O4. The second-order valence-electron chi connectivity index (χ2n) is 10.7. The lowest BCUT2D eigenvalue weighted by atomic mass is 10.0. The van der Waals surface area contributed by atoms with Gasteiger partial charge in [-0.3, -0.25) is 9.69 Å². The van der Waals surface area contributed by atoms with E-state index in [4.69, 9.17) is 27.9 Å². The Bertz CT molecular complexity index is 1410. The third-order valence-corrected chi connectivity index (χ3v) is 7.94. The van der Waals surface area contributed by atoms with Crippen molar-refractivity contribution < 1.29 is 23.8 Å². The Labute approximate surface area is 255 Å². The van der Waals surface area contributed by atoms with Gasteiger partial charge in [-0.25, -0.2) is 9.18 Å². The van der Waals surface area contributed by atoms with Crippen molar-refractivity contribution >= 4 is 46.5 Å². The van der Waals surface area contributed by atoms with Gasteiger partial charge in [0.25, 0.3) is 0 Å². The Morgan fingerprint density at radius 1 is 1.10 bits per heavy atom. The molecule has 3 N–H and O–H groups in total. The topological polar surface area (TPSA) is 94.1 Å². The van der Waals surface area contributed by atoms with E-state index in [1.165, 1.54) is 24.3 Å². The number of carbonyl (C=O) groups excluding carboxylic acids is 2. The van der Waals surface area contributed by atoms with Crippen molar-refractivity contribution in [2.75, 3.05) is 37.4 Å². The van der Waals surface area contributed by atoms with E-state index in [1.807, 2.05) is 33.0 Å². The summed E-state index contributed by atoms with van der Waals surface area (Å²) in [5.41, 5.74) is 2.52. The van der Waals surface area contributed by atoms with Crippen molar-refractivity contribution in [3.8, 4) is 5.75 Å². The second-order valence-corrected chi connectivity index (χ2v) is 11.6. The van der Waals surface area contributed by atoms with Gasteiger partial charge in [-0.1, -0.05) is 36.2 Å². The maximum atomic E-state index is 13.5. The van der Waals surface area contributed by atoms with Gasteiger partial charge in [-0.2, -0.15) is 0 Å². The molecule has 8 nitrogen and oxygen atoms in total. The van der Waals surface area contributed by atoms with Gasteiger partial charge in [-0.15, -0.1) is 0 Å². The van der Waals surface area contributed by atoms with Gasteiger partial charge in [0.1, 0.15) is 17.7 Å². The van der Waals surface area contributed by atoms with Gasteiger partial charge in [0, 0.05) is 42.5 Å². The van der Waals surface area contributed by atoms with Gasteiger partial charge in [-0.05, 0) is 74.1 Å². The smallest absolute Gasteiger partial charge is 0.323 e. The van der Waals surface area contributed by atoms with Gasteiger partial charge in [0.15, 0.2) is 0 Å². The van der Waals surface area contributed by atoms with Crippen molar-refractivity contribution in [1.29, 1.82) is 0 Å². The van der Waals surface area contributed by atoms with Crippen LogP contribution in [-0.2, 0) is 17.8 Å². The van der Waals surface area contributed by atoms with E-state index in [-0.39, 0.29) is 37.0 Å². The van der Waals surface area contributed by atoms with Crippen LogP contribution in [0, 0.1) is 11.7 Å². The summed E-state index contributed by atoms with van der Waals surface area (Å²) in [6.45, 7) is 5.24. The number of ether oxygens (including phenoxy) is 1. The van der Waals surface area contributed by atoms with Crippen molar-refractivity contribution in [2.45, 2.75) is 39.0 Å². The SMILES string of the molecule is C[C@H]1CN([C@@H](C)CO)C(=O)Cc2cc(NC(=O)Nc3ccc(F)cc3)ccc2O[C@H]1CN(C)Cc1ccc(Cl)c(Cl)c1. The van der Waals surface area contributed by atoms with Crippen molar-refractivity contribution in [2.24, 2.45) is 5.92 Å². The predicted molar refractivity (Wildman–Crippen MR) is 164 cm³/mol. The molecule has 0 aliphatic carbocycles. The lowest BCUT2D eigenvalue weighted by molar-refractivity contribution is -0.134. The van der Waals surface area contributed by atoms with Gasteiger partial charge in [0.2, 0.25) is 5.91 Å². The maximum absolute atomic E-state index is 13.5. The minimum Gasteiger partial charge on any atom is -0.488 e. The number of fused-ring (bicyclic) bond motifs is 1. The van der Waals surface area contributed by atoms with Crippen LogP contribution in [0.5, 0.6) is 5.75 Å². The number of amides is 3. The number of anilines is 2. The molecule has 3 atom stereocenters. The summed E-state index contributed by atoms with van der Waals surface area (Å²) in [6, 6.07) is 15.3. The van der Waals surface area contributed by atoms with Crippen LogP contribution in [0.25, 0.3) is 0 Å². The Morgan fingerprint density at radius 3 is 2.48 bits per heavy atom. The zero-order valence-corrected chi connectivity index (χ0v) is 25.3. The summed E-state index contributed by atoms with van der Waals surface area (Å²) in [4.78, 5) is 29.9. The molecule has 0 spiro atoms. The van der Waals surface area contributed by atoms with E-state index < -0.39 is 11.8 Å². The van der Waals surface area contributed by atoms with Crippen LogP contribution in [0.1, 0.15) is 25.0 Å². The summed E-state index contributed by atoms with van der Waals surface area (Å²) < 4.78 is 19.8. The zero-order valence-electron chi connectivity index (χ0n) is 23.7. The molecule has 3 aromatic rings. The number of likely N-dealkylation sites (N-methyl/N-ethyl adjacent to an activating group) is 1. The summed E-state index contributed by atoms with van der Waals surface area (Å²) in [7, 11) is 1.98. The number of rotatable bonds is 8. The predicted octanol–water partition coefficient (Wildman–Crippen LogP) is 6.06. The molecule has 11 heteroatoms. The van der Waals surface area contributed by atoms with E-state index in [2.05, 4.69) is 15.5 Å². The Balaban J connectivity index is 1.56. The number of urea groups is 1. The van der Waals surface area contributed by atoms with E-state index in [0.29, 0.717) is 52.4 Å². The number of aliphatic hydroxyl groups excluding tert-OH is 1. The van der Waals surface area contributed by atoms with E-state index in [0.717, 1.165) is 5.56 Å². The highest BCUT2D eigenvalue weighted by Gasteiger charge is 2.31. The molecule has 1 aliphatic rings. The molecular weight excluding hydrogens is 582 g/mol.